The van der Waals surface area contributed by atoms with Gasteiger partial charge in [0.15, 0.2) is 5.82 Å². The van der Waals surface area contributed by atoms with Gasteiger partial charge in [-0.3, -0.25) is 0 Å². The summed E-state index contributed by atoms with van der Waals surface area (Å²) in [6, 6.07) is 24.6. The Morgan fingerprint density at radius 2 is 1.12 bits per heavy atom. The molecule has 0 amide bonds. The average Bonchev–Trinajstić information content (AvgIpc) is 3.47. The van der Waals surface area contributed by atoms with Gasteiger partial charge in [-0.05, 0) is 79.6 Å². The summed E-state index contributed by atoms with van der Waals surface area (Å²) in [5.74, 6) is 2.60. The van der Waals surface area contributed by atoms with Gasteiger partial charge in [-0.1, -0.05) is 84.1 Å². The molecule has 5 heteroatoms. The molecule has 4 rings (SSSR count). The lowest BCUT2D eigenvalue weighted by molar-refractivity contribution is 0.304. The summed E-state index contributed by atoms with van der Waals surface area (Å²) < 4.78 is 13.9. The number of aromatic nitrogens is 3. The van der Waals surface area contributed by atoms with E-state index in [-0.39, 0.29) is 0 Å². The molecule has 2 aromatic carbocycles. The first-order chi connectivity index (χ1) is 20.3. The third-order valence-corrected chi connectivity index (χ3v) is 7.41. The summed E-state index contributed by atoms with van der Waals surface area (Å²) in [5, 5.41) is 4.96. The predicted molar refractivity (Wildman–Crippen MR) is 170 cm³/mol. The van der Waals surface area contributed by atoms with E-state index in [0.717, 1.165) is 65.9 Å². The Hall–Kier alpha value is -3.60. The smallest absolute Gasteiger partial charge is 0.153 e. The number of rotatable bonds is 19. The highest BCUT2D eigenvalue weighted by molar-refractivity contribution is 5.70. The van der Waals surface area contributed by atoms with Crippen LogP contribution in [0.3, 0.4) is 0 Å². The molecule has 0 N–H and O–H groups in total. The standard InChI is InChI=1S/C36H47N3O2/c1-3-5-7-9-11-15-27-40-32-22-18-30(19-23-32)34-29-35(39(38-34)36-17-13-14-26-37-36)31-20-24-33(25-21-31)41-28-16-12-10-8-6-4-2/h13-14,17-26,29H,3-12,15-16,27-28H2,1-2H3. The predicted octanol–water partition coefficient (Wildman–Crippen LogP) is 10.1. The normalized spacial score (nSPS) is 11.1. The van der Waals surface area contributed by atoms with Crippen LogP contribution in [0.4, 0.5) is 0 Å². The fourth-order valence-electron chi connectivity index (χ4n) is 4.97. The van der Waals surface area contributed by atoms with Gasteiger partial charge in [0.25, 0.3) is 0 Å². The van der Waals surface area contributed by atoms with Gasteiger partial charge in [-0.25, -0.2) is 9.67 Å². The molecular weight excluding hydrogens is 506 g/mol. The Kier molecular flexibility index (Phi) is 12.8. The van der Waals surface area contributed by atoms with Crippen molar-refractivity contribution in [2.24, 2.45) is 0 Å². The van der Waals surface area contributed by atoms with Gasteiger partial charge >= 0.3 is 0 Å². The molecule has 0 atom stereocenters. The monoisotopic (exact) mass is 553 g/mol. The van der Waals surface area contributed by atoms with E-state index < -0.39 is 0 Å². The Morgan fingerprint density at radius 1 is 0.585 bits per heavy atom. The zero-order valence-corrected chi connectivity index (χ0v) is 25.1. The van der Waals surface area contributed by atoms with Crippen LogP contribution >= 0.6 is 0 Å². The van der Waals surface area contributed by atoms with Gasteiger partial charge in [0.1, 0.15) is 11.5 Å². The van der Waals surface area contributed by atoms with Crippen molar-refractivity contribution in [2.75, 3.05) is 13.2 Å². The van der Waals surface area contributed by atoms with Crippen LogP contribution in [-0.4, -0.2) is 28.0 Å². The molecule has 0 saturated carbocycles. The summed E-state index contributed by atoms with van der Waals surface area (Å²) in [6.07, 6.45) is 17.0. The number of hydrogen-bond donors (Lipinski definition) is 0. The number of hydrogen-bond acceptors (Lipinski definition) is 4. The lowest BCUT2D eigenvalue weighted by Gasteiger charge is -2.09. The number of ether oxygens (including phenoxy) is 2. The van der Waals surface area contributed by atoms with E-state index in [2.05, 4.69) is 61.3 Å². The lowest BCUT2D eigenvalue weighted by Crippen LogP contribution is -2.01. The van der Waals surface area contributed by atoms with E-state index >= 15 is 0 Å². The SMILES string of the molecule is CCCCCCCCOc1ccc(-c2cc(-c3ccc(OCCCCCCCC)cc3)n(-c3ccccn3)n2)cc1. The summed E-state index contributed by atoms with van der Waals surface area (Å²) in [6.45, 7) is 6.03. The van der Waals surface area contributed by atoms with Crippen molar-refractivity contribution in [2.45, 2.75) is 90.9 Å². The fourth-order valence-corrected chi connectivity index (χ4v) is 4.97. The van der Waals surface area contributed by atoms with Gasteiger partial charge in [-0.15, -0.1) is 0 Å². The van der Waals surface area contributed by atoms with Crippen molar-refractivity contribution in [1.29, 1.82) is 0 Å². The van der Waals surface area contributed by atoms with E-state index in [1.54, 1.807) is 6.20 Å². The molecule has 0 bridgehead atoms. The van der Waals surface area contributed by atoms with Gasteiger partial charge < -0.3 is 9.47 Å². The molecule has 0 aliphatic carbocycles. The molecule has 218 valence electrons. The Labute approximate surface area is 246 Å². The van der Waals surface area contributed by atoms with Gasteiger partial charge in [-0.2, -0.15) is 5.10 Å². The van der Waals surface area contributed by atoms with Crippen molar-refractivity contribution < 1.29 is 9.47 Å². The minimum absolute atomic E-state index is 0.764. The van der Waals surface area contributed by atoms with E-state index in [9.17, 15) is 0 Å². The molecule has 2 aromatic heterocycles. The van der Waals surface area contributed by atoms with Crippen molar-refractivity contribution >= 4 is 0 Å². The summed E-state index contributed by atoms with van der Waals surface area (Å²) in [5.41, 5.74) is 4.01. The maximum absolute atomic E-state index is 6.01. The van der Waals surface area contributed by atoms with Crippen LogP contribution in [0.1, 0.15) is 90.9 Å². The maximum Gasteiger partial charge on any atom is 0.153 e. The van der Waals surface area contributed by atoms with Gasteiger partial charge in [0, 0.05) is 17.3 Å². The highest BCUT2D eigenvalue weighted by atomic mass is 16.5. The highest BCUT2D eigenvalue weighted by Crippen LogP contribution is 2.30. The average molecular weight is 554 g/mol. The lowest BCUT2D eigenvalue weighted by atomic mass is 10.1. The molecule has 0 aliphatic rings. The number of unbranched alkanes of at least 4 members (excludes halogenated alkanes) is 10. The van der Waals surface area contributed by atoms with Crippen molar-refractivity contribution in [3.8, 4) is 39.8 Å². The van der Waals surface area contributed by atoms with Crippen LogP contribution in [0.25, 0.3) is 28.3 Å². The van der Waals surface area contributed by atoms with E-state index in [1.165, 1.54) is 64.2 Å². The van der Waals surface area contributed by atoms with Gasteiger partial charge in [0.05, 0.1) is 24.6 Å². The van der Waals surface area contributed by atoms with E-state index in [0.29, 0.717) is 0 Å². The zero-order valence-electron chi connectivity index (χ0n) is 25.1. The second kappa shape index (κ2) is 17.3. The minimum atomic E-state index is 0.764. The molecule has 41 heavy (non-hydrogen) atoms. The van der Waals surface area contributed by atoms with Crippen molar-refractivity contribution in [3.63, 3.8) is 0 Å². The zero-order chi connectivity index (χ0) is 28.5. The Bertz CT molecular complexity index is 1250. The molecule has 0 radical (unpaired) electrons. The molecule has 0 fully saturated rings. The van der Waals surface area contributed by atoms with E-state index in [1.807, 2.05) is 35.0 Å². The molecule has 2 heterocycles. The summed E-state index contributed by atoms with van der Waals surface area (Å²) in [7, 11) is 0. The largest absolute Gasteiger partial charge is 0.494 e. The molecule has 0 unspecified atom stereocenters. The van der Waals surface area contributed by atoms with Crippen molar-refractivity contribution in [1.82, 2.24) is 14.8 Å². The Balaban J connectivity index is 1.40. The first kappa shape index (κ1) is 30.4. The fraction of sp³-hybridized carbons (Fsp3) is 0.444. The first-order valence-electron chi connectivity index (χ1n) is 15.8. The molecule has 4 aromatic rings. The van der Waals surface area contributed by atoms with Crippen LogP contribution in [0.2, 0.25) is 0 Å². The molecule has 0 saturated heterocycles. The van der Waals surface area contributed by atoms with Crippen LogP contribution in [0, 0.1) is 0 Å². The Morgan fingerprint density at radius 3 is 1.66 bits per heavy atom. The quantitative estimate of drug-likeness (QED) is 0.108. The summed E-state index contributed by atoms with van der Waals surface area (Å²) >= 11 is 0. The van der Waals surface area contributed by atoms with Crippen molar-refractivity contribution in [3.05, 3.63) is 79.0 Å². The molecule has 0 spiro atoms. The van der Waals surface area contributed by atoms with Gasteiger partial charge in [0.2, 0.25) is 0 Å². The molecule has 0 aliphatic heterocycles. The van der Waals surface area contributed by atoms with Crippen LogP contribution in [-0.2, 0) is 0 Å². The second-order valence-corrected chi connectivity index (χ2v) is 10.8. The summed E-state index contributed by atoms with van der Waals surface area (Å²) in [4.78, 5) is 4.57. The number of nitrogens with zero attached hydrogens (tertiary/aromatic N) is 3. The topological polar surface area (TPSA) is 49.2 Å². The third kappa shape index (κ3) is 9.77. The second-order valence-electron chi connectivity index (χ2n) is 10.8. The van der Waals surface area contributed by atoms with Crippen LogP contribution in [0.15, 0.2) is 79.0 Å². The number of pyridine rings is 1. The first-order valence-corrected chi connectivity index (χ1v) is 15.8. The third-order valence-electron chi connectivity index (χ3n) is 7.41. The molecule has 5 nitrogen and oxygen atoms in total. The number of benzene rings is 2. The van der Waals surface area contributed by atoms with Crippen LogP contribution < -0.4 is 9.47 Å². The molecular formula is C36H47N3O2. The maximum atomic E-state index is 6.01. The highest BCUT2D eigenvalue weighted by Gasteiger charge is 2.14. The van der Waals surface area contributed by atoms with Crippen LogP contribution in [0.5, 0.6) is 11.5 Å². The minimum Gasteiger partial charge on any atom is -0.494 e. The van der Waals surface area contributed by atoms with E-state index in [4.69, 9.17) is 14.6 Å².